The van der Waals surface area contributed by atoms with Gasteiger partial charge in [-0.05, 0) is 77.7 Å². The van der Waals surface area contributed by atoms with Crippen LogP contribution in [0.2, 0.25) is 5.02 Å². The molecule has 0 saturated heterocycles. The lowest BCUT2D eigenvalue weighted by molar-refractivity contribution is 0.0933. The first-order valence-corrected chi connectivity index (χ1v) is 15.8. The smallest absolute Gasteiger partial charge is 0.329 e. The van der Waals surface area contributed by atoms with Crippen LogP contribution in [-0.4, -0.2) is 63.8 Å². The first kappa shape index (κ1) is 33.6. The van der Waals surface area contributed by atoms with Gasteiger partial charge in [0.1, 0.15) is 18.0 Å². The molecule has 1 saturated carbocycles. The number of fused-ring (bicyclic) bond motifs is 1. The first-order valence-electron chi connectivity index (χ1n) is 13.7. The maximum atomic E-state index is 12.9. The molecule has 227 valence electrons. The molecule has 3 N–H and O–H groups in total. The minimum atomic E-state index is -0.405. The lowest BCUT2D eigenvalue weighted by Crippen LogP contribution is -2.33. The third-order valence-corrected chi connectivity index (χ3v) is 7.84. The van der Waals surface area contributed by atoms with E-state index in [2.05, 4.69) is 52.7 Å². The van der Waals surface area contributed by atoms with Crippen molar-refractivity contribution in [3.8, 4) is 23.1 Å². The van der Waals surface area contributed by atoms with Gasteiger partial charge in [-0.15, -0.1) is 0 Å². The van der Waals surface area contributed by atoms with Crippen LogP contribution in [-0.2, 0) is 10.2 Å². The Kier molecular flexibility index (Phi) is 11.2. The number of nitrogens with zero attached hydrogens (tertiary/aromatic N) is 4. The van der Waals surface area contributed by atoms with E-state index in [9.17, 15) is 20.0 Å². The second-order valence-corrected chi connectivity index (χ2v) is 13.1. The van der Waals surface area contributed by atoms with Crippen molar-refractivity contribution in [2.24, 2.45) is 0 Å². The summed E-state index contributed by atoms with van der Waals surface area (Å²) in [5.41, 5.74) is 3.90. The molecule has 44 heavy (non-hydrogen) atoms. The van der Waals surface area contributed by atoms with E-state index in [1.807, 2.05) is 33.5 Å². The van der Waals surface area contributed by atoms with E-state index in [1.54, 1.807) is 33.8 Å². The van der Waals surface area contributed by atoms with Crippen molar-refractivity contribution >= 4 is 86.6 Å². The van der Waals surface area contributed by atoms with Crippen molar-refractivity contribution in [2.75, 3.05) is 23.8 Å². The van der Waals surface area contributed by atoms with Gasteiger partial charge in [0.25, 0.3) is 5.91 Å². The van der Waals surface area contributed by atoms with Crippen molar-refractivity contribution in [2.45, 2.75) is 50.7 Å². The average molecular weight is 744 g/mol. The number of benzene rings is 2. The standard InChI is InChI=1S/C29H29BClN6O4.CHIS/c1-29(2)14-37(30-15-38)26-17(13-32)8-16(9-21(26)29)23-6-7-33-28(35-23)36-24-12-22(31)20(11-25(24)41-3)27(40)34-18-4-5-19(39)10-18;2-1-3/h6-9,11-12,15,18-19,39H,4-5,10,14H2,1-3H3,(H,34,40)(H,33,35,36);1H. The number of carbonyl (C=O) groups is 2. The number of aliphatic hydroxyl groups is 1. The van der Waals surface area contributed by atoms with E-state index in [4.69, 9.17) is 16.3 Å². The molecule has 1 amide bonds. The Morgan fingerprint density at radius 2 is 2.09 bits per heavy atom. The number of carbonyl (C=O) groups excluding carboxylic acids is 2. The van der Waals surface area contributed by atoms with Crippen LogP contribution >= 0.6 is 46.4 Å². The number of methoxy groups -OCH3 is 1. The number of nitrogens with one attached hydrogen (secondary N) is 2. The lowest BCUT2D eigenvalue weighted by Gasteiger charge is -2.20. The third-order valence-electron chi connectivity index (χ3n) is 7.52. The van der Waals surface area contributed by atoms with Crippen LogP contribution in [0.15, 0.2) is 36.5 Å². The number of hydrogen-bond donors (Lipinski definition) is 3. The predicted octanol–water partition coefficient (Wildman–Crippen LogP) is 5.35. The molecule has 1 aromatic heterocycles. The van der Waals surface area contributed by atoms with Crippen LogP contribution in [0.1, 0.15) is 54.6 Å². The fourth-order valence-electron chi connectivity index (χ4n) is 5.53. The summed E-state index contributed by atoms with van der Waals surface area (Å²) in [6.45, 7) is 4.71. The van der Waals surface area contributed by atoms with Crippen LogP contribution in [0.5, 0.6) is 5.75 Å². The SMILES string of the molecule is COc1cc(C(=O)NC2CCC(O)C2)c(Cl)cc1Nc1nccc(-c2cc(C#N)c3c(c2)C(C)(C)CN3[B]C=O)n1.S=CI. The Morgan fingerprint density at radius 1 is 1.34 bits per heavy atom. The minimum absolute atomic E-state index is 0.105. The van der Waals surface area contributed by atoms with Gasteiger partial charge in [-0.1, -0.05) is 37.7 Å². The minimum Gasteiger partial charge on any atom is -0.495 e. The molecule has 2 aliphatic rings. The number of aliphatic hydroxyl groups excluding tert-OH is 1. The Labute approximate surface area is 281 Å². The molecule has 0 bridgehead atoms. The quantitative estimate of drug-likeness (QED) is 0.0910. The van der Waals surface area contributed by atoms with Crippen molar-refractivity contribution in [1.29, 1.82) is 5.26 Å². The molecular weight excluding hydrogens is 714 g/mol. The Morgan fingerprint density at radius 3 is 2.73 bits per heavy atom. The summed E-state index contributed by atoms with van der Waals surface area (Å²) in [6.07, 6.45) is 3.81. The zero-order chi connectivity index (χ0) is 32.0. The summed E-state index contributed by atoms with van der Waals surface area (Å²) >= 11 is 12.7. The molecule has 14 heteroatoms. The van der Waals surface area contributed by atoms with Gasteiger partial charge >= 0.3 is 7.41 Å². The fourth-order valence-corrected chi connectivity index (χ4v) is 5.78. The molecule has 1 radical (unpaired) electrons. The van der Waals surface area contributed by atoms with E-state index >= 15 is 0 Å². The normalized spacial score (nSPS) is 17.8. The monoisotopic (exact) mass is 743 g/mol. The largest absolute Gasteiger partial charge is 0.495 e. The maximum Gasteiger partial charge on any atom is 0.329 e. The van der Waals surface area contributed by atoms with E-state index in [0.717, 1.165) is 23.0 Å². The van der Waals surface area contributed by atoms with Crippen LogP contribution in [0.3, 0.4) is 0 Å². The molecule has 10 nitrogen and oxygen atoms in total. The molecule has 2 aromatic carbocycles. The van der Waals surface area contributed by atoms with Gasteiger partial charge in [0, 0.05) is 38.8 Å². The number of rotatable bonds is 8. The molecule has 1 aliphatic carbocycles. The van der Waals surface area contributed by atoms with Crippen LogP contribution in [0.4, 0.5) is 17.3 Å². The molecule has 2 atom stereocenters. The average Bonchev–Trinajstić information content (AvgIpc) is 3.51. The third kappa shape index (κ3) is 7.48. The van der Waals surface area contributed by atoms with E-state index in [0.29, 0.717) is 48.5 Å². The zero-order valence-electron chi connectivity index (χ0n) is 24.3. The highest BCUT2D eigenvalue weighted by atomic mass is 127. The molecule has 2 unspecified atom stereocenters. The van der Waals surface area contributed by atoms with E-state index < -0.39 is 6.10 Å². The van der Waals surface area contributed by atoms with Crippen molar-refractivity contribution in [3.63, 3.8) is 0 Å². The van der Waals surface area contributed by atoms with Crippen molar-refractivity contribution in [1.82, 2.24) is 15.3 Å². The maximum absolute atomic E-state index is 12.9. The molecule has 0 spiro atoms. The highest BCUT2D eigenvalue weighted by Gasteiger charge is 2.37. The van der Waals surface area contributed by atoms with E-state index in [1.165, 1.54) is 14.5 Å². The van der Waals surface area contributed by atoms with Crippen LogP contribution in [0.25, 0.3) is 11.3 Å². The van der Waals surface area contributed by atoms with Crippen LogP contribution < -0.4 is 20.2 Å². The number of hydrogen-bond acceptors (Lipinski definition) is 10. The summed E-state index contributed by atoms with van der Waals surface area (Å²) in [5, 5.41) is 26.0. The molecule has 1 fully saturated rings. The van der Waals surface area contributed by atoms with Crippen LogP contribution in [0, 0.1) is 11.3 Å². The van der Waals surface area contributed by atoms with Gasteiger partial charge in [0.15, 0.2) is 0 Å². The highest BCUT2D eigenvalue weighted by Crippen LogP contribution is 2.44. The summed E-state index contributed by atoms with van der Waals surface area (Å²) in [5.74, 6) is 0.301. The molecular formula is C30H30BClIN6O4S. The second kappa shape index (κ2) is 14.6. The van der Waals surface area contributed by atoms with Crippen molar-refractivity contribution < 1.29 is 19.4 Å². The van der Waals surface area contributed by atoms with Gasteiger partial charge in [0.2, 0.25) is 5.95 Å². The fraction of sp³-hybridized carbons (Fsp3) is 0.333. The number of anilines is 3. The number of halogens is 2. The Bertz CT molecular complexity index is 1620. The van der Waals surface area contributed by atoms with Gasteiger partial charge < -0.3 is 30.1 Å². The topological polar surface area (TPSA) is 140 Å². The second-order valence-electron chi connectivity index (χ2n) is 11.0. The Balaban J connectivity index is 0.00000141. The lowest BCUT2D eigenvalue weighted by atomic mass is 9.84. The molecule has 1 aliphatic heterocycles. The summed E-state index contributed by atoms with van der Waals surface area (Å²) in [7, 11) is 2.94. The number of nitriles is 1. The zero-order valence-corrected chi connectivity index (χ0v) is 28.0. The number of ether oxygens (including phenoxy) is 1. The van der Waals surface area contributed by atoms with E-state index in [-0.39, 0.29) is 33.9 Å². The van der Waals surface area contributed by atoms with Crippen molar-refractivity contribution in [3.05, 3.63) is 58.2 Å². The first-order chi connectivity index (χ1) is 21.0. The summed E-state index contributed by atoms with van der Waals surface area (Å²) in [4.78, 5) is 34.9. The van der Waals surface area contributed by atoms with Gasteiger partial charge in [-0.2, -0.15) is 5.26 Å². The highest BCUT2D eigenvalue weighted by molar-refractivity contribution is 14.1. The predicted molar refractivity (Wildman–Crippen MR) is 185 cm³/mol. The summed E-state index contributed by atoms with van der Waals surface area (Å²) < 4.78 is 7.09. The number of amides is 1. The Hall–Kier alpha value is -3.32. The van der Waals surface area contributed by atoms with Gasteiger partial charge in [-0.3, -0.25) is 4.79 Å². The molecule has 5 rings (SSSR count). The van der Waals surface area contributed by atoms with Gasteiger partial charge in [0.05, 0.1) is 40.7 Å². The molecule has 2 heterocycles. The summed E-state index contributed by atoms with van der Waals surface area (Å²) in [6, 6.07) is 10.8. The number of aromatic nitrogens is 2. The number of thiocarbonyl (C=S) groups is 1. The molecule has 3 aromatic rings. The van der Waals surface area contributed by atoms with Gasteiger partial charge in [-0.25, -0.2) is 9.97 Å².